The number of sulfonamides is 1. The first kappa shape index (κ1) is 25.0. The molecule has 0 saturated carbocycles. The number of amidine groups is 1. The molecule has 0 radical (unpaired) electrons. The molecular formula is C24H34N8O2S. The number of nitrogens with zero attached hydrogens (tertiary/aromatic N) is 2. The Kier molecular flexibility index (Phi) is 7.31. The van der Waals surface area contributed by atoms with Gasteiger partial charge >= 0.3 is 0 Å². The second kappa shape index (κ2) is 10.2. The topological polar surface area (TPSA) is 178 Å². The first-order valence-electron chi connectivity index (χ1n) is 11.7. The van der Waals surface area contributed by atoms with E-state index in [2.05, 4.69) is 34.7 Å². The Hall–Kier alpha value is -3.12. The maximum Gasteiger partial charge on any atom is 0.239 e. The van der Waals surface area contributed by atoms with Crippen molar-refractivity contribution >= 4 is 15.9 Å². The summed E-state index contributed by atoms with van der Waals surface area (Å²) in [7, 11) is -4.13. The number of likely N-dealkylation sites (tertiary alicyclic amines) is 1. The summed E-state index contributed by atoms with van der Waals surface area (Å²) in [5, 5.41) is 12.9. The summed E-state index contributed by atoms with van der Waals surface area (Å²) in [6.07, 6.45) is 2.27. The number of hydrazine groups is 1. The van der Waals surface area contributed by atoms with Crippen LogP contribution in [0.2, 0.25) is 0 Å². The molecule has 0 aromatic heterocycles. The number of nitrogens with two attached hydrogens (primary N) is 4. The van der Waals surface area contributed by atoms with Gasteiger partial charge in [-0.2, -0.15) is 0 Å². The number of primary sulfonamides is 1. The van der Waals surface area contributed by atoms with Gasteiger partial charge in [-0.15, -0.1) is 5.10 Å². The Labute approximate surface area is 206 Å². The minimum atomic E-state index is -4.13. The minimum absolute atomic E-state index is 0.00978. The zero-order valence-corrected chi connectivity index (χ0v) is 20.5. The third kappa shape index (κ3) is 5.43. The molecule has 2 heterocycles. The number of rotatable bonds is 8. The summed E-state index contributed by atoms with van der Waals surface area (Å²) in [4.78, 5) is 2.02. The van der Waals surface area contributed by atoms with Crippen LogP contribution in [0.1, 0.15) is 35.4 Å². The second-order valence-electron chi connectivity index (χ2n) is 9.25. The van der Waals surface area contributed by atoms with E-state index in [0.717, 1.165) is 44.6 Å². The third-order valence-corrected chi connectivity index (χ3v) is 8.00. The van der Waals surface area contributed by atoms with E-state index in [0.29, 0.717) is 29.3 Å². The van der Waals surface area contributed by atoms with Crippen LogP contribution < -0.4 is 33.3 Å². The van der Waals surface area contributed by atoms with E-state index in [1.54, 1.807) is 0 Å². The van der Waals surface area contributed by atoms with Gasteiger partial charge in [-0.3, -0.25) is 0 Å². The molecule has 11 heteroatoms. The van der Waals surface area contributed by atoms with Crippen LogP contribution in [0.15, 0.2) is 58.8 Å². The predicted molar refractivity (Wildman–Crippen MR) is 138 cm³/mol. The molecule has 2 aromatic rings. The molecule has 2 saturated heterocycles. The largest absolute Gasteiger partial charge is 0.386 e. The van der Waals surface area contributed by atoms with Crippen molar-refractivity contribution in [2.75, 3.05) is 26.2 Å². The van der Waals surface area contributed by atoms with Crippen molar-refractivity contribution in [2.24, 2.45) is 33.5 Å². The Morgan fingerprint density at radius 2 is 1.77 bits per heavy atom. The molecule has 2 aromatic carbocycles. The maximum atomic E-state index is 12.9. The minimum Gasteiger partial charge on any atom is -0.386 e. The van der Waals surface area contributed by atoms with Crippen LogP contribution >= 0.6 is 0 Å². The van der Waals surface area contributed by atoms with Crippen molar-refractivity contribution in [2.45, 2.75) is 30.1 Å². The summed E-state index contributed by atoms with van der Waals surface area (Å²) in [6, 6.07) is 11.8. The van der Waals surface area contributed by atoms with Crippen LogP contribution in [0, 0.1) is 5.92 Å². The van der Waals surface area contributed by atoms with Crippen LogP contribution in [0.5, 0.6) is 0 Å². The lowest BCUT2D eigenvalue weighted by atomic mass is 9.87. The van der Waals surface area contributed by atoms with Crippen molar-refractivity contribution in [3.63, 3.8) is 0 Å². The van der Waals surface area contributed by atoms with E-state index in [1.807, 2.05) is 29.2 Å². The fraction of sp³-hybridized carbons (Fsp3) is 0.375. The van der Waals surface area contributed by atoms with Crippen molar-refractivity contribution in [3.05, 3.63) is 65.5 Å². The molecule has 0 atom stereocenters. The van der Waals surface area contributed by atoms with E-state index in [9.17, 15) is 8.42 Å². The van der Waals surface area contributed by atoms with Crippen LogP contribution in [0.4, 0.5) is 0 Å². The van der Waals surface area contributed by atoms with Crippen LogP contribution in [-0.2, 0) is 16.4 Å². The fourth-order valence-corrected chi connectivity index (χ4v) is 5.94. The molecule has 0 aliphatic carbocycles. The molecule has 35 heavy (non-hydrogen) atoms. The standard InChI is InChI=1S/C24H34N8O2S/c1-15(25)32-10-8-16(9-11-32)12-19-6-7-21(18-4-2-17(3-5-18)20-13-29-14-20)22(24(26)30-31-27)23(19)35(28,33)34/h2-7,16,20,29,31H,1,8-14,25,27H2,(H2,26,30)(H2,28,33,34). The number of hydrogen-bond donors (Lipinski definition) is 6. The van der Waals surface area contributed by atoms with Crippen molar-refractivity contribution < 1.29 is 8.42 Å². The van der Waals surface area contributed by atoms with E-state index in [1.165, 1.54) is 5.56 Å². The monoisotopic (exact) mass is 498 g/mol. The second-order valence-corrected chi connectivity index (χ2v) is 10.7. The number of piperidine rings is 1. The molecule has 0 unspecified atom stereocenters. The molecule has 10 nitrogen and oxygen atoms in total. The Morgan fingerprint density at radius 1 is 1.11 bits per heavy atom. The molecule has 10 N–H and O–H groups in total. The number of hydrazone groups is 1. The van der Waals surface area contributed by atoms with Crippen molar-refractivity contribution in [1.29, 1.82) is 0 Å². The van der Waals surface area contributed by atoms with Gasteiger partial charge in [0.15, 0.2) is 5.84 Å². The normalized spacial score (nSPS) is 17.8. The molecule has 0 spiro atoms. The average molecular weight is 499 g/mol. The Balaban J connectivity index is 1.75. The average Bonchev–Trinajstić information content (AvgIpc) is 2.78. The molecule has 2 aliphatic heterocycles. The van der Waals surface area contributed by atoms with E-state index in [4.69, 9.17) is 22.4 Å². The highest BCUT2D eigenvalue weighted by Gasteiger charge is 2.28. The van der Waals surface area contributed by atoms with E-state index >= 15 is 0 Å². The first-order chi connectivity index (χ1) is 16.7. The number of nitrogens with one attached hydrogen (secondary N) is 2. The summed E-state index contributed by atoms with van der Waals surface area (Å²) in [5.41, 5.74) is 17.8. The summed E-state index contributed by atoms with van der Waals surface area (Å²) < 4.78 is 25.8. The Bertz CT molecular complexity index is 1210. The van der Waals surface area contributed by atoms with E-state index in [-0.39, 0.29) is 22.2 Å². The van der Waals surface area contributed by atoms with Crippen LogP contribution in [0.3, 0.4) is 0 Å². The predicted octanol–water partition coefficient (Wildman–Crippen LogP) is 0.456. The molecule has 0 bridgehead atoms. The maximum absolute atomic E-state index is 12.9. The van der Waals surface area contributed by atoms with Gasteiger partial charge in [0, 0.05) is 37.7 Å². The third-order valence-electron chi connectivity index (χ3n) is 6.97. The van der Waals surface area contributed by atoms with Gasteiger partial charge < -0.3 is 21.7 Å². The summed E-state index contributed by atoms with van der Waals surface area (Å²) in [6.45, 7) is 7.27. The lowest BCUT2D eigenvalue weighted by Crippen LogP contribution is -2.39. The molecule has 2 fully saturated rings. The smallest absolute Gasteiger partial charge is 0.239 e. The van der Waals surface area contributed by atoms with Crippen LogP contribution in [-0.4, -0.2) is 45.3 Å². The van der Waals surface area contributed by atoms with Crippen LogP contribution in [0.25, 0.3) is 11.1 Å². The summed E-state index contributed by atoms with van der Waals surface area (Å²) in [5.74, 6) is 6.65. The highest BCUT2D eigenvalue weighted by atomic mass is 32.2. The Morgan fingerprint density at radius 3 is 2.29 bits per heavy atom. The SMILES string of the molecule is C=C(N)N1CCC(Cc2ccc(-c3ccc(C4CNC4)cc3)c(/C(N)=N/NN)c2S(N)(=O)=O)CC1. The van der Waals surface area contributed by atoms with Gasteiger partial charge in [-0.05, 0) is 47.4 Å². The highest BCUT2D eigenvalue weighted by molar-refractivity contribution is 7.89. The quantitative estimate of drug-likeness (QED) is 0.131. The zero-order chi connectivity index (χ0) is 25.2. The number of hydrogen-bond acceptors (Lipinski definition) is 8. The summed E-state index contributed by atoms with van der Waals surface area (Å²) >= 11 is 0. The van der Waals surface area contributed by atoms with Gasteiger partial charge in [0.05, 0.1) is 10.7 Å². The highest BCUT2D eigenvalue weighted by Crippen LogP contribution is 2.34. The van der Waals surface area contributed by atoms with Gasteiger partial charge in [0.25, 0.3) is 0 Å². The lowest BCUT2D eigenvalue weighted by molar-refractivity contribution is 0.224. The van der Waals surface area contributed by atoms with Gasteiger partial charge in [0.2, 0.25) is 10.0 Å². The molecule has 2 aliphatic rings. The van der Waals surface area contributed by atoms with Crippen molar-refractivity contribution in [1.82, 2.24) is 15.8 Å². The fourth-order valence-electron chi connectivity index (χ4n) is 4.93. The van der Waals surface area contributed by atoms with Gasteiger partial charge in [-0.1, -0.05) is 43.0 Å². The zero-order valence-electron chi connectivity index (χ0n) is 19.7. The molecular weight excluding hydrogens is 464 g/mol. The number of benzene rings is 2. The molecule has 188 valence electrons. The molecule has 4 rings (SSSR count). The van der Waals surface area contributed by atoms with Gasteiger partial charge in [0.1, 0.15) is 0 Å². The first-order valence-corrected chi connectivity index (χ1v) is 13.2. The molecule has 0 amide bonds. The van der Waals surface area contributed by atoms with Gasteiger partial charge in [-0.25, -0.2) is 24.9 Å². The van der Waals surface area contributed by atoms with E-state index < -0.39 is 10.0 Å². The van der Waals surface area contributed by atoms with Crippen molar-refractivity contribution in [3.8, 4) is 11.1 Å². The lowest BCUT2D eigenvalue weighted by Gasteiger charge is -2.33.